The molecular formula is C26H25NO3. The number of nitrogens with zero attached hydrogens (tertiary/aromatic N) is 1. The first kappa shape index (κ1) is 18.9. The summed E-state index contributed by atoms with van der Waals surface area (Å²) in [5.74, 6) is 1.03. The zero-order valence-electron chi connectivity index (χ0n) is 17.2. The van der Waals surface area contributed by atoms with E-state index in [1.807, 2.05) is 36.4 Å². The van der Waals surface area contributed by atoms with Gasteiger partial charge in [0.1, 0.15) is 22.7 Å². The van der Waals surface area contributed by atoms with Crippen LogP contribution in [0.15, 0.2) is 60.7 Å². The van der Waals surface area contributed by atoms with E-state index in [2.05, 4.69) is 29.2 Å². The van der Waals surface area contributed by atoms with Crippen LogP contribution in [-0.2, 0) is 22.6 Å². The zero-order chi connectivity index (χ0) is 20.7. The molecule has 0 amide bonds. The first-order chi connectivity index (χ1) is 14.6. The van der Waals surface area contributed by atoms with E-state index in [-0.39, 0.29) is 11.6 Å². The number of Topliss-reactive ketones (excluding diaryl/α,β-unsaturated/α-hetero) is 2. The summed E-state index contributed by atoms with van der Waals surface area (Å²) in [5, 5.41) is 2.29. The van der Waals surface area contributed by atoms with Gasteiger partial charge in [-0.1, -0.05) is 42.5 Å². The van der Waals surface area contributed by atoms with E-state index >= 15 is 0 Å². The van der Waals surface area contributed by atoms with Gasteiger partial charge in [0.15, 0.2) is 0 Å². The van der Waals surface area contributed by atoms with Gasteiger partial charge >= 0.3 is 0 Å². The Morgan fingerprint density at radius 3 is 2.40 bits per heavy atom. The molecule has 4 nitrogen and oxygen atoms in total. The third-order valence-corrected chi connectivity index (χ3v) is 6.70. The van der Waals surface area contributed by atoms with E-state index in [1.54, 1.807) is 7.11 Å². The van der Waals surface area contributed by atoms with Gasteiger partial charge in [0.05, 0.1) is 7.11 Å². The molecule has 2 aliphatic rings. The number of carbonyl (C=O) groups is 2. The maximum absolute atomic E-state index is 13.1. The number of hydrogen-bond acceptors (Lipinski definition) is 4. The van der Waals surface area contributed by atoms with Crippen LogP contribution in [0.4, 0.5) is 5.69 Å². The Balaban J connectivity index is 1.63. The van der Waals surface area contributed by atoms with E-state index in [9.17, 15) is 9.59 Å². The van der Waals surface area contributed by atoms with Crippen LogP contribution in [-0.4, -0.2) is 25.2 Å². The van der Waals surface area contributed by atoms with Crippen molar-refractivity contribution in [1.82, 2.24) is 0 Å². The molecule has 1 spiro atoms. The van der Waals surface area contributed by atoms with E-state index < -0.39 is 5.41 Å². The van der Waals surface area contributed by atoms with E-state index in [0.717, 1.165) is 33.3 Å². The number of fused-ring (bicyclic) bond motifs is 3. The fourth-order valence-corrected chi connectivity index (χ4v) is 5.08. The number of ether oxygens (including phenoxy) is 1. The predicted octanol–water partition coefficient (Wildman–Crippen LogP) is 4.72. The second kappa shape index (κ2) is 7.28. The number of carbonyl (C=O) groups excluding carboxylic acids is 2. The fourth-order valence-electron chi connectivity index (χ4n) is 5.08. The summed E-state index contributed by atoms with van der Waals surface area (Å²) >= 11 is 0. The summed E-state index contributed by atoms with van der Waals surface area (Å²) in [6.45, 7) is 1.11. The van der Waals surface area contributed by atoms with Crippen molar-refractivity contribution in [3.8, 4) is 5.75 Å². The highest BCUT2D eigenvalue weighted by molar-refractivity contribution is 6.11. The number of methoxy groups -OCH3 is 1. The second-order valence-corrected chi connectivity index (χ2v) is 8.45. The van der Waals surface area contributed by atoms with Gasteiger partial charge in [-0.3, -0.25) is 9.59 Å². The molecule has 0 unspecified atom stereocenters. The number of hydrogen-bond donors (Lipinski definition) is 0. The van der Waals surface area contributed by atoms with Crippen LogP contribution < -0.4 is 9.64 Å². The molecule has 0 atom stereocenters. The van der Waals surface area contributed by atoms with Crippen LogP contribution in [0.5, 0.6) is 5.75 Å². The Bertz CT molecular complexity index is 1120. The van der Waals surface area contributed by atoms with Crippen LogP contribution >= 0.6 is 0 Å². The Kier molecular flexibility index (Phi) is 4.58. The van der Waals surface area contributed by atoms with Gasteiger partial charge in [0.2, 0.25) is 0 Å². The van der Waals surface area contributed by atoms with Gasteiger partial charge in [-0.2, -0.15) is 0 Å². The molecule has 3 aromatic carbocycles. The maximum atomic E-state index is 13.1. The molecule has 1 fully saturated rings. The Labute approximate surface area is 176 Å². The summed E-state index contributed by atoms with van der Waals surface area (Å²) in [5.41, 5.74) is 2.46. The molecule has 1 saturated carbocycles. The zero-order valence-corrected chi connectivity index (χ0v) is 17.2. The third kappa shape index (κ3) is 2.98. The van der Waals surface area contributed by atoms with Gasteiger partial charge in [-0.25, -0.2) is 0 Å². The Hall–Kier alpha value is -3.14. The molecule has 0 aromatic heterocycles. The van der Waals surface area contributed by atoms with Crippen molar-refractivity contribution in [3.05, 3.63) is 71.8 Å². The SMILES string of the molecule is COc1ccc(CN2CC3(Cc4c2ccc2ccccc42)C(=O)CCCC3=O)cc1. The molecule has 1 aliphatic heterocycles. The van der Waals surface area contributed by atoms with Gasteiger partial charge in [-0.15, -0.1) is 0 Å². The lowest BCUT2D eigenvalue weighted by atomic mass is 9.65. The summed E-state index contributed by atoms with van der Waals surface area (Å²) in [7, 11) is 1.66. The highest BCUT2D eigenvalue weighted by Crippen LogP contribution is 2.45. The van der Waals surface area contributed by atoms with Crippen LogP contribution in [0, 0.1) is 5.41 Å². The summed E-state index contributed by atoms with van der Waals surface area (Å²) < 4.78 is 5.28. The highest BCUT2D eigenvalue weighted by Gasteiger charge is 2.50. The first-order valence-corrected chi connectivity index (χ1v) is 10.6. The second-order valence-electron chi connectivity index (χ2n) is 8.45. The summed E-state index contributed by atoms with van der Waals surface area (Å²) in [6.07, 6.45) is 2.20. The minimum absolute atomic E-state index is 0.108. The van der Waals surface area contributed by atoms with Gasteiger partial charge in [0, 0.05) is 31.6 Å². The molecular weight excluding hydrogens is 374 g/mol. The van der Waals surface area contributed by atoms with Gasteiger partial charge < -0.3 is 9.64 Å². The van der Waals surface area contributed by atoms with Crippen LogP contribution in [0.3, 0.4) is 0 Å². The minimum atomic E-state index is -0.915. The van der Waals surface area contributed by atoms with Crippen molar-refractivity contribution < 1.29 is 14.3 Å². The molecule has 0 radical (unpaired) electrons. The van der Waals surface area contributed by atoms with Crippen LogP contribution in [0.2, 0.25) is 0 Å². The average Bonchev–Trinajstić information content (AvgIpc) is 2.78. The molecule has 1 aliphatic carbocycles. The highest BCUT2D eigenvalue weighted by atomic mass is 16.5. The number of ketones is 2. The lowest BCUT2D eigenvalue weighted by molar-refractivity contribution is -0.143. The van der Waals surface area contributed by atoms with E-state index in [4.69, 9.17) is 4.74 Å². The molecule has 30 heavy (non-hydrogen) atoms. The minimum Gasteiger partial charge on any atom is -0.497 e. The van der Waals surface area contributed by atoms with E-state index in [1.165, 1.54) is 0 Å². The Morgan fingerprint density at radius 2 is 1.67 bits per heavy atom. The Morgan fingerprint density at radius 1 is 0.933 bits per heavy atom. The van der Waals surface area contributed by atoms with Crippen molar-refractivity contribution in [1.29, 1.82) is 0 Å². The van der Waals surface area contributed by atoms with Crippen molar-refractivity contribution in [2.75, 3.05) is 18.6 Å². The predicted molar refractivity (Wildman–Crippen MR) is 118 cm³/mol. The van der Waals surface area contributed by atoms with Crippen LogP contribution in [0.1, 0.15) is 30.4 Å². The number of benzene rings is 3. The van der Waals surface area contributed by atoms with Crippen molar-refractivity contribution in [2.45, 2.75) is 32.2 Å². The molecule has 3 aromatic rings. The molecule has 1 heterocycles. The monoisotopic (exact) mass is 399 g/mol. The molecule has 4 heteroatoms. The van der Waals surface area contributed by atoms with Crippen molar-refractivity contribution >= 4 is 28.0 Å². The molecule has 0 N–H and O–H groups in total. The van der Waals surface area contributed by atoms with Crippen LogP contribution in [0.25, 0.3) is 10.8 Å². The quantitative estimate of drug-likeness (QED) is 0.598. The van der Waals surface area contributed by atoms with Crippen molar-refractivity contribution in [3.63, 3.8) is 0 Å². The lowest BCUT2D eigenvalue weighted by Gasteiger charge is -2.45. The largest absolute Gasteiger partial charge is 0.497 e. The molecule has 0 bridgehead atoms. The lowest BCUT2D eigenvalue weighted by Crippen LogP contribution is -2.54. The number of anilines is 1. The van der Waals surface area contributed by atoms with Gasteiger partial charge in [-0.05, 0) is 52.9 Å². The smallest absolute Gasteiger partial charge is 0.148 e. The third-order valence-electron chi connectivity index (χ3n) is 6.70. The maximum Gasteiger partial charge on any atom is 0.148 e. The molecule has 5 rings (SSSR count). The normalized spacial score (nSPS) is 18.0. The first-order valence-electron chi connectivity index (χ1n) is 10.6. The van der Waals surface area contributed by atoms with Crippen molar-refractivity contribution in [2.24, 2.45) is 5.41 Å². The summed E-state index contributed by atoms with van der Waals surface area (Å²) in [6, 6.07) is 20.5. The topological polar surface area (TPSA) is 46.6 Å². The fraction of sp³-hybridized carbons (Fsp3) is 0.308. The molecule has 152 valence electrons. The average molecular weight is 399 g/mol. The molecule has 0 saturated heterocycles. The standard InChI is InChI=1S/C26H25NO3/c1-30-20-12-9-18(10-13-20)16-27-17-26(24(28)7-4-8-25(26)29)15-22-21-6-3-2-5-19(21)11-14-23(22)27/h2-3,5-6,9-14H,4,7-8,15-17H2,1H3. The van der Waals surface area contributed by atoms with E-state index in [0.29, 0.717) is 38.8 Å². The number of rotatable bonds is 3. The summed E-state index contributed by atoms with van der Waals surface area (Å²) in [4.78, 5) is 28.5. The van der Waals surface area contributed by atoms with Gasteiger partial charge in [0.25, 0.3) is 0 Å².